The number of rotatable bonds is 3. The molecule has 2 N–H and O–H groups in total. The van der Waals surface area contributed by atoms with Gasteiger partial charge in [0.25, 0.3) is 0 Å². The lowest BCUT2D eigenvalue weighted by molar-refractivity contribution is 0.955. The van der Waals surface area contributed by atoms with Crippen LogP contribution in [0.3, 0.4) is 0 Å². The van der Waals surface area contributed by atoms with Gasteiger partial charge in [0.05, 0.1) is 0 Å². The second-order valence-corrected chi connectivity index (χ2v) is 4.64. The summed E-state index contributed by atoms with van der Waals surface area (Å²) in [6.45, 7) is 0.987. The number of H-pyrrole nitrogens is 1. The molecule has 0 aromatic carbocycles. The van der Waals surface area contributed by atoms with Gasteiger partial charge in [0.2, 0.25) is 0 Å². The smallest absolute Gasteiger partial charge is 0.198 e. The van der Waals surface area contributed by atoms with Crippen molar-refractivity contribution in [1.29, 1.82) is 0 Å². The number of aryl methyl sites for hydroxylation is 1. The highest BCUT2D eigenvalue weighted by molar-refractivity contribution is 7.98. The van der Waals surface area contributed by atoms with Crippen LogP contribution in [0.4, 0.5) is 5.82 Å². The first kappa shape index (κ1) is 9.98. The van der Waals surface area contributed by atoms with Gasteiger partial charge >= 0.3 is 0 Å². The van der Waals surface area contributed by atoms with Crippen molar-refractivity contribution in [2.75, 3.05) is 23.9 Å². The summed E-state index contributed by atoms with van der Waals surface area (Å²) in [5.74, 6) is 2.12. The van der Waals surface area contributed by atoms with E-state index in [2.05, 4.69) is 21.5 Å². The third-order valence-electron chi connectivity index (χ3n) is 2.34. The van der Waals surface area contributed by atoms with Gasteiger partial charge in [0.15, 0.2) is 4.77 Å². The fourth-order valence-corrected chi connectivity index (χ4v) is 2.31. The number of aromatic amines is 1. The van der Waals surface area contributed by atoms with Crippen molar-refractivity contribution in [1.82, 2.24) is 9.97 Å². The molecule has 1 aliphatic heterocycles. The van der Waals surface area contributed by atoms with E-state index in [-0.39, 0.29) is 0 Å². The number of hydrogen-bond donors (Lipinski definition) is 2. The lowest BCUT2D eigenvalue weighted by Gasteiger charge is -2.06. The Morgan fingerprint density at radius 1 is 1.57 bits per heavy atom. The van der Waals surface area contributed by atoms with Gasteiger partial charge in [-0.2, -0.15) is 11.8 Å². The van der Waals surface area contributed by atoms with Crippen molar-refractivity contribution in [2.45, 2.75) is 12.8 Å². The number of aromatic nitrogens is 2. The summed E-state index contributed by atoms with van der Waals surface area (Å²) >= 11 is 6.93. The molecule has 0 fully saturated rings. The van der Waals surface area contributed by atoms with E-state index in [0.29, 0.717) is 4.77 Å². The largest absolute Gasteiger partial charge is 0.369 e. The molecule has 76 valence electrons. The van der Waals surface area contributed by atoms with E-state index in [0.717, 1.165) is 31.0 Å². The van der Waals surface area contributed by atoms with Gasteiger partial charge in [-0.1, -0.05) is 0 Å². The summed E-state index contributed by atoms with van der Waals surface area (Å²) in [7, 11) is 0. The van der Waals surface area contributed by atoms with Crippen molar-refractivity contribution in [2.24, 2.45) is 0 Å². The minimum atomic E-state index is 0.592. The van der Waals surface area contributed by atoms with E-state index in [1.807, 2.05) is 11.8 Å². The number of fused-ring (bicyclic) bond motifs is 1. The summed E-state index contributed by atoms with van der Waals surface area (Å²) in [6.07, 6.45) is 4.24. The second-order valence-electron chi connectivity index (χ2n) is 3.27. The molecule has 3 nitrogen and oxygen atoms in total. The van der Waals surface area contributed by atoms with Gasteiger partial charge in [-0.3, -0.25) is 0 Å². The fourth-order valence-electron chi connectivity index (χ4n) is 1.68. The number of thioether (sulfide) groups is 1. The topological polar surface area (TPSA) is 40.7 Å². The molecule has 0 bridgehead atoms. The molecule has 0 saturated carbocycles. The van der Waals surface area contributed by atoms with Crippen LogP contribution in [0.5, 0.6) is 0 Å². The number of hydrogen-bond acceptors (Lipinski definition) is 4. The Labute approximate surface area is 92.7 Å². The minimum Gasteiger partial charge on any atom is -0.369 e. The maximum absolute atomic E-state index is 5.08. The number of nitrogens with zero attached hydrogens (tertiary/aromatic N) is 1. The van der Waals surface area contributed by atoms with E-state index in [1.54, 1.807) is 0 Å². The summed E-state index contributed by atoms with van der Waals surface area (Å²) in [6, 6.07) is 0. The molecule has 14 heavy (non-hydrogen) atoms. The highest BCUT2D eigenvalue weighted by atomic mass is 32.2. The first-order valence-electron chi connectivity index (χ1n) is 4.66. The minimum absolute atomic E-state index is 0.592. The Hall–Kier alpha value is -0.550. The standard InChI is InChI=1S/C9H13N3S2/c1-14-5-3-7-6-2-4-10-8(6)12-9(13)11-7/h2-5H2,1H3,(H2,10,11,12,13). The Balaban J connectivity index is 2.34. The molecule has 2 rings (SSSR count). The predicted molar refractivity (Wildman–Crippen MR) is 63.7 cm³/mol. The second kappa shape index (κ2) is 4.31. The number of nitrogens with one attached hydrogen (secondary N) is 2. The van der Waals surface area contributed by atoms with E-state index >= 15 is 0 Å². The van der Waals surface area contributed by atoms with Gasteiger partial charge in [0, 0.05) is 17.8 Å². The fraction of sp³-hybridized carbons (Fsp3) is 0.556. The SMILES string of the molecule is CSCCc1[nH]c(=S)nc2c1CCN2. The third kappa shape index (κ3) is 1.93. The lowest BCUT2D eigenvalue weighted by atomic mass is 10.1. The van der Waals surface area contributed by atoms with Crippen molar-refractivity contribution in [3.63, 3.8) is 0 Å². The molecular formula is C9H13N3S2. The summed E-state index contributed by atoms with van der Waals surface area (Å²) in [5, 5.41) is 3.25. The Kier molecular flexibility index (Phi) is 3.08. The van der Waals surface area contributed by atoms with Crippen molar-refractivity contribution < 1.29 is 0 Å². The highest BCUT2D eigenvalue weighted by Crippen LogP contribution is 2.22. The molecule has 2 heterocycles. The molecule has 0 atom stereocenters. The van der Waals surface area contributed by atoms with Gasteiger partial charge < -0.3 is 10.3 Å². The van der Waals surface area contributed by atoms with Gasteiger partial charge in [-0.25, -0.2) is 4.98 Å². The summed E-state index contributed by atoms with van der Waals surface area (Å²) in [5.41, 5.74) is 2.59. The zero-order chi connectivity index (χ0) is 9.97. The van der Waals surface area contributed by atoms with Gasteiger partial charge in [-0.05, 0) is 37.1 Å². The van der Waals surface area contributed by atoms with Crippen LogP contribution in [-0.4, -0.2) is 28.5 Å². The van der Waals surface area contributed by atoms with Crippen LogP contribution >= 0.6 is 24.0 Å². The molecule has 0 aliphatic carbocycles. The van der Waals surface area contributed by atoms with E-state index in [9.17, 15) is 0 Å². The molecular weight excluding hydrogens is 214 g/mol. The monoisotopic (exact) mass is 227 g/mol. The molecule has 0 spiro atoms. The molecule has 5 heteroatoms. The van der Waals surface area contributed by atoms with Crippen molar-refractivity contribution in [3.05, 3.63) is 16.0 Å². The van der Waals surface area contributed by atoms with Crippen molar-refractivity contribution in [3.8, 4) is 0 Å². The Morgan fingerprint density at radius 3 is 3.21 bits per heavy atom. The average Bonchev–Trinajstić information content (AvgIpc) is 2.61. The molecule has 1 aromatic heterocycles. The summed E-state index contributed by atoms with van der Waals surface area (Å²) < 4.78 is 0.592. The zero-order valence-corrected chi connectivity index (χ0v) is 9.73. The van der Waals surface area contributed by atoms with Crippen molar-refractivity contribution >= 4 is 29.8 Å². The molecule has 1 aliphatic rings. The van der Waals surface area contributed by atoms with Crippen LogP contribution in [0.2, 0.25) is 0 Å². The molecule has 0 unspecified atom stereocenters. The van der Waals surface area contributed by atoms with Crippen LogP contribution in [-0.2, 0) is 12.8 Å². The van der Waals surface area contributed by atoms with Gasteiger partial charge in [-0.15, -0.1) is 0 Å². The Bertz CT molecular complexity index is 386. The predicted octanol–water partition coefficient (Wildman–Crippen LogP) is 2.01. The molecule has 1 aromatic rings. The highest BCUT2D eigenvalue weighted by Gasteiger charge is 2.15. The normalized spacial score (nSPS) is 13.8. The van der Waals surface area contributed by atoms with Crippen LogP contribution in [0, 0.1) is 4.77 Å². The molecule has 0 amide bonds. The quantitative estimate of drug-likeness (QED) is 0.775. The molecule has 0 saturated heterocycles. The van der Waals surface area contributed by atoms with Crippen LogP contribution < -0.4 is 5.32 Å². The number of anilines is 1. The maximum Gasteiger partial charge on any atom is 0.198 e. The summed E-state index contributed by atoms with van der Waals surface area (Å²) in [4.78, 5) is 7.46. The zero-order valence-electron chi connectivity index (χ0n) is 8.09. The van der Waals surface area contributed by atoms with Crippen LogP contribution in [0.15, 0.2) is 0 Å². The van der Waals surface area contributed by atoms with E-state index < -0.39 is 0 Å². The van der Waals surface area contributed by atoms with E-state index in [4.69, 9.17) is 12.2 Å². The van der Waals surface area contributed by atoms with Crippen LogP contribution in [0.25, 0.3) is 0 Å². The first-order chi connectivity index (χ1) is 6.81. The maximum atomic E-state index is 5.08. The first-order valence-corrected chi connectivity index (χ1v) is 6.46. The van der Waals surface area contributed by atoms with E-state index in [1.165, 1.54) is 11.3 Å². The third-order valence-corrected chi connectivity index (χ3v) is 3.15. The average molecular weight is 227 g/mol. The lowest BCUT2D eigenvalue weighted by Crippen LogP contribution is -2.00. The molecule has 0 radical (unpaired) electrons. The van der Waals surface area contributed by atoms with Gasteiger partial charge in [0.1, 0.15) is 5.82 Å². The Morgan fingerprint density at radius 2 is 2.43 bits per heavy atom. The van der Waals surface area contributed by atoms with Crippen LogP contribution in [0.1, 0.15) is 11.3 Å².